The first kappa shape index (κ1) is 15.7. The van der Waals surface area contributed by atoms with Gasteiger partial charge in [0, 0.05) is 18.1 Å². The molecule has 0 spiro atoms. The summed E-state index contributed by atoms with van der Waals surface area (Å²) >= 11 is 5.94. The van der Waals surface area contributed by atoms with Gasteiger partial charge in [-0.05, 0) is 24.6 Å². The van der Waals surface area contributed by atoms with Crippen LogP contribution in [0.2, 0.25) is 5.02 Å². The smallest absolute Gasteiger partial charge is 0.246 e. The normalized spacial score (nSPS) is 13.3. The first-order valence-corrected chi connectivity index (χ1v) is 7.95. The fraction of sp³-hybridized carbons (Fsp3) is 0.231. The molecule has 8 heteroatoms. The zero-order valence-corrected chi connectivity index (χ0v) is 13.1. The van der Waals surface area contributed by atoms with Crippen molar-refractivity contribution < 1.29 is 8.42 Å². The average molecular weight is 327 g/mol. The minimum Gasteiger partial charge on any atom is -0.368 e. The Balaban J connectivity index is 2.33. The van der Waals surface area contributed by atoms with Crippen molar-refractivity contribution in [2.75, 3.05) is 12.8 Å². The van der Waals surface area contributed by atoms with E-state index in [-0.39, 0.29) is 16.9 Å². The van der Waals surface area contributed by atoms with E-state index in [0.717, 1.165) is 5.56 Å². The predicted octanol–water partition coefficient (Wildman–Crippen LogP) is 2.09. The van der Waals surface area contributed by atoms with Crippen molar-refractivity contribution >= 4 is 27.6 Å². The van der Waals surface area contributed by atoms with Crippen molar-refractivity contribution in [2.45, 2.75) is 17.9 Å². The molecule has 1 unspecified atom stereocenters. The van der Waals surface area contributed by atoms with E-state index in [4.69, 9.17) is 17.3 Å². The molecule has 2 aromatic rings. The summed E-state index contributed by atoms with van der Waals surface area (Å²) in [6, 6.07) is 6.69. The number of sulfonamides is 1. The number of nitrogens with zero attached hydrogens (tertiary/aromatic N) is 3. The van der Waals surface area contributed by atoms with Gasteiger partial charge in [-0.25, -0.2) is 18.4 Å². The van der Waals surface area contributed by atoms with Gasteiger partial charge in [-0.3, -0.25) is 0 Å². The van der Waals surface area contributed by atoms with Crippen LogP contribution in [0.5, 0.6) is 0 Å². The molecule has 21 heavy (non-hydrogen) atoms. The number of halogens is 1. The third kappa shape index (κ3) is 3.31. The molecule has 6 nitrogen and oxygen atoms in total. The maximum Gasteiger partial charge on any atom is 0.246 e. The molecule has 0 aliphatic heterocycles. The van der Waals surface area contributed by atoms with Crippen molar-refractivity contribution in [1.82, 2.24) is 14.3 Å². The second-order valence-electron chi connectivity index (χ2n) is 4.53. The zero-order chi connectivity index (χ0) is 15.6. The molecule has 0 fully saturated rings. The summed E-state index contributed by atoms with van der Waals surface area (Å²) in [5.41, 5.74) is 6.16. The van der Waals surface area contributed by atoms with E-state index in [9.17, 15) is 8.42 Å². The quantitative estimate of drug-likeness (QED) is 0.929. The number of hydrogen-bond acceptors (Lipinski definition) is 5. The van der Waals surface area contributed by atoms with Crippen LogP contribution in [-0.4, -0.2) is 29.7 Å². The molecule has 0 bridgehead atoms. The maximum absolute atomic E-state index is 12.5. The van der Waals surface area contributed by atoms with Gasteiger partial charge in [-0.1, -0.05) is 23.7 Å². The highest BCUT2D eigenvalue weighted by Gasteiger charge is 2.27. The lowest BCUT2D eigenvalue weighted by molar-refractivity contribution is 0.398. The van der Waals surface area contributed by atoms with Gasteiger partial charge >= 0.3 is 0 Å². The van der Waals surface area contributed by atoms with E-state index >= 15 is 0 Å². The highest BCUT2D eigenvalue weighted by molar-refractivity contribution is 7.89. The molecule has 1 atom stereocenters. The Morgan fingerprint density at radius 3 is 2.48 bits per heavy atom. The fourth-order valence-electron chi connectivity index (χ4n) is 1.81. The summed E-state index contributed by atoms with van der Waals surface area (Å²) in [5.74, 6) is 0.0273. The number of nitrogens with two attached hydrogens (primary N) is 1. The number of anilines is 1. The van der Waals surface area contributed by atoms with Gasteiger partial charge in [0.2, 0.25) is 16.0 Å². The SMILES string of the molecule is CC(c1cccc(Cl)c1)N(C)S(=O)(=O)c1cnc(N)nc1. The number of hydrogen-bond donors (Lipinski definition) is 1. The highest BCUT2D eigenvalue weighted by atomic mass is 35.5. The molecular formula is C13H15ClN4O2S. The Hall–Kier alpha value is -1.70. The molecule has 2 rings (SSSR count). The standard InChI is InChI=1S/C13H15ClN4O2S/c1-9(10-4-3-5-11(14)6-10)18(2)21(19,20)12-7-16-13(15)17-8-12/h3-9H,1-2H3,(H2,15,16,17). The molecule has 0 saturated carbocycles. The van der Waals surface area contributed by atoms with E-state index in [0.29, 0.717) is 5.02 Å². The molecule has 1 aromatic carbocycles. The van der Waals surface area contributed by atoms with E-state index < -0.39 is 10.0 Å². The van der Waals surface area contributed by atoms with Gasteiger partial charge in [0.1, 0.15) is 4.90 Å². The van der Waals surface area contributed by atoms with Crippen LogP contribution in [-0.2, 0) is 10.0 Å². The van der Waals surface area contributed by atoms with Gasteiger partial charge < -0.3 is 5.73 Å². The van der Waals surface area contributed by atoms with Crippen molar-refractivity contribution in [3.05, 3.63) is 47.2 Å². The van der Waals surface area contributed by atoms with Crippen LogP contribution in [0.4, 0.5) is 5.95 Å². The molecule has 1 aromatic heterocycles. The second-order valence-corrected chi connectivity index (χ2v) is 6.96. The van der Waals surface area contributed by atoms with E-state index in [1.807, 2.05) is 6.07 Å². The third-order valence-corrected chi connectivity index (χ3v) is 5.32. The van der Waals surface area contributed by atoms with Gasteiger partial charge in [-0.2, -0.15) is 4.31 Å². The molecule has 112 valence electrons. The van der Waals surface area contributed by atoms with Crippen LogP contribution in [0.25, 0.3) is 0 Å². The van der Waals surface area contributed by atoms with Crippen molar-refractivity contribution in [3.8, 4) is 0 Å². The first-order chi connectivity index (χ1) is 9.82. The first-order valence-electron chi connectivity index (χ1n) is 6.13. The van der Waals surface area contributed by atoms with Gasteiger partial charge in [0.05, 0.1) is 12.4 Å². The summed E-state index contributed by atoms with van der Waals surface area (Å²) in [4.78, 5) is 7.42. The summed E-state index contributed by atoms with van der Waals surface area (Å²) in [6.07, 6.45) is 2.39. The second kappa shape index (κ2) is 5.97. The van der Waals surface area contributed by atoms with Crippen LogP contribution in [0.15, 0.2) is 41.6 Å². The number of benzene rings is 1. The number of nitrogen functional groups attached to an aromatic ring is 1. The lowest BCUT2D eigenvalue weighted by Gasteiger charge is -2.24. The summed E-state index contributed by atoms with van der Waals surface area (Å²) in [7, 11) is -2.21. The molecule has 2 N–H and O–H groups in total. The molecule has 0 amide bonds. The van der Waals surface area contributed by atoms with Crippen molar-refractivity contribution in [3.63, 3.8) is 0 Å². The van der Waals surface area contributed by atoms with Gasteiger partial charge in [0.15, 0.2) is 0 Å². The summed E-state index contributed by atoms with van der Waals surface area (Å²) < 4.78 is 26.3. The summed E-state index contributed by atoms with van der Waals surface area (Å²) in [6.45, 7) is 1.78. The van der Waals surface area contributed by atoms with E-state index in [2.05, 4.69) is 9.97 Å². The zero-order valence-electron chi connectivity index (χ0n) is 11.6. The number of aromatic nitrogens is 2. The molecular weight excluding hydrogens is 312 g/mol. The predicted molar refractivity (Wildman–Crippen MR) is 81.3 cm³/mol. The van der Waals surface area contributed by atoms with Crippen LogP contribution < -0.4 is 5.73 Å². The highest BCUT2D eigenvalue weighted by Crippen LogP contribution is 2.26. The van der Waals surface area contributed by atoms with Crippen molar-refractivity contribution in [2.24, 2.45) is 0 Å². The fourth-order valence-corrected chi connectivity index (χ4v) is 3.25. The maximum atomic E-state index is 12.5. The van der Waals surface area contributed by atoms with E-state index in [1.54, 1.807) is 25.1 Å². The molecule has 1 heterocycles. The topological polar surface area (TPSA) is 89.2 Å². The van der Waals surface area contributed by atoms with Crippen LogP contribution in [0.3, 0.4) is 0 Å². The number of rotatable bonds is 4. The Kier molecular flexibility index (Phi) is 4.46. The molecule has 0 aliphatic rings. The molecule has 0 aliphatic carbocycles. The Bertz CT molecular complexity index is 734. The Morgan fingerprint density at radius 1 is 1.29 bits per heavy atom. The lowest BCUT2D eigenvalue weighted by atomic mass is 10.1. The third-order valence-electron chi connectivity index (χ3n) is 3.20. The monoisotopic (exact) mass is 326 g/mol. The van der Waals surface area contributed by atoms with Crippen LogP contribution in [0.1, 0.15) is 18.5 Å². The Labute approximate surface area is 128 Å². The Morgan fingerprint density at radius 2 is 1.90 bits per heavy atom. The minimum absolute atomic E-state index is 0.00641. The lowest BCUT2D eigenvalue weighted by Crippen LogP contribution is -2.30. The van der Waals surface area contributed by atoms with Crippen LogP contribution >= 0.6 is 11.6 Å². The molecule has 0 radical (unpaired) electrons. The van der Waals surface area contributed by atoms with Crippen molar-refractivity contribution in [1.29, 1.82) is 0 Å². The average Bonchev–Trinajstić information content (AvgIpc) is 2.46. The minimum atomic E-state index is -3.71. The van der Waals surface area contributed by atoms with Crippen LogP contribution in [0, 0.1) is 0 Å². The largest absolute Gasteiger partial charge is 0.368 e. The summed E-state index contributed by atoms with van der Waals surface area (Å²) in [5, 5.41) is 0.556. The van der Waals surface area contributed by atoms with Gasteiger partial charge in [-0.15, -0.1) is 0 Å². The van der Waals surface area contributed by atoms with Gasteiger partial charge in [0.25, 0.3) is 0 Å². The molecule has 0 saturated heterocycles. The van der Waals surface area contributed by atoms with E-state index in [1.165, 1.54) is 23.7 Å².